The van der Waals surface area contributed by atoms with Crippen molar-refractivity contribution in [2.45, 2.75) is 24.6 Å². The molecule has 1 heterocycles. The molecule has 0 aliphatic heterocycles. The van der Waals surface area contributed by atoms with Crippen LogP contribution in [-0.2, 0) is 6.54 Å². The van der Waals surface area contributed by atoms with E-state index < -0.39 is 11.8 Å². The van der Waals surface area contributed by atoms with Gasteiger partial charge < -0.3 is 10.1 Å². The average molecular weight is 216 g/mol. The summed E-state index contributed by atoms with van der Waals surface area (Å²) in [6.45, 7) is 1.54. The molecule has 1 unspecified atom stereocenters. The van der Waals surface area contributed by atoms with E-state index in [-0.39, 0.29) is 12.1 Å². The van der Waals surface area contributed by atoms with Crippen molar-refractivity contribution in [3.8, 4) is 0 Å². The van der Waals surface area contributed by atoms with Gasteiger partial charge in [-0.15, -0.1) is 11.8 Å². The Bertz CT molecular complexity index is 390. The van der Waals surface area contributed by atoms with E-state index in [1.165, 1.54) is 24.8 Å². The first-order chi connectivity index (χ1) is 6.54. The summed E-state index contributed by atoms with van der Waals surface area (Å²) in [7, 11) is 0. The third kappa shape index (κ3) is 2.49. The number of hydrogen-bond acceptors (Lipinski definition) is 4. The van der Waals surface area contributed by atoms with Crippen molar-refractivity contribution in [1.29, 1.82) is 0 Å². The Hall–Kier alpha value is -1.01. The maximum atomic E-state index is 11.4. The standard InChI is InChI=1S/C8H12N2O3S/c1-5(11)4-10-7(12)3-6(14-2)9-8(10)13/h3,5,11H,4H2,1-2H3,(H,9,13). The zero-order valence-electron chi connectivity index (χ0n) is 7.98. The van der Waals surface area contributed by atoms with Crippen molar-refractivity contribution in [1.82, 2.24) is 9.55 Å². The monoisotopic (exact) mass is 216 g/mol. The van der Waals surface area contributed by atoms with Crippen LogP contribution < -0.4 is 11.2 Å². The fourth-order valence-corrected chi connectivity index (χ4v) is 1.45. The lowest BCUT2D eigenvalue weighted by molar-refractivity contribution is 0.170. The molecule has 0 bridgehead atoms. The number of aliphatic hydroxyl groups excluding tert-OH is 1. The van der Waals surface area contributed by atoms with Crippen molar-refractivity contribution >= 4 is 11.8 Å². The molecule has 0 saturated heterocycles. The van der Waals surface area contributed by atoms with Gasteiger partial charge in [-0.2, -0.15) is 0 Å². The van der Waals surface area contributed by atoms with Crippen LogP contribution in [0.3, 0.4) is 0 Å². The highest BCUT2D eigenvalue weighted by atomic mass is 32.2. The Morgan fingerprint density at radius 2 is 2.29 bits per heavy atom. The maximum Gasteiger partial charge on any atom is 0.329 e. The lowest BCUT2D eigenvalue weighted by Gasteiger charge is -2.06. The number of aromatic nitrogens is 2. The van der Waals surface area contributed by atoms with Gasteiger partial charge in [0, 0.05) is 6.07 Å². The Morgan fingerprint density at radius 3 is 2.71 bits per heavy atom. The van der Waals surface area contributed by atoms with Gasteiger partial charge in [-0.1, -0.05) is 0 Å². The Kier molecular flexibility index (Phi) is 3.54. The van der Waals surface area contributed by atoms with E-state index >= 15 is 0 Å². The predicted octanol–water partition coefficient (Wildman–Crippen LogP) is -0.361. The number of hydrogen-bond donors (Lipinski definition) is 2. The second-order valence-electron chi connectivity index (χ2n) is 2.94. The van der Waals surface area contributed by atoms with E-state index in [4.69, 9.17) is 5.11 Å². The number of aromatic amines is 1. The van der Waals surface area contributed by atoms with Crippen LogP contribution in [0.5, 0.6) is 0 Å². The first-order valence-corrected chi connectivity index (χ1v) is 5.33. The molecule has 1 aromatic rings. The van der Waals surface area contributed by atoms with Crippen molar-refractivity contribution in [3.05, 3.63) is 26.9 Å². The minimum Gasteiger partial charge on any atom is -0.392 e. The van der Waals surface area contributed by atoms with Crippen molar-refractivity contribution in [2.24, 2.45) is 0 Å². The topological polar surface area (TPSA) is 75.1 Å². The van der Waals surface area contributed by atoms with Gasteiger partial charge in [-0.3, -0.25) is 9.36 Å². The van der Waals surface area contributed by atoms with Gasteiger partial charge in [0.2, 0.25) is 0 Å². The van der Waals surface area contributed by atoms with Gasteiger partial charge >= 0.3 is 5.69 Å². The predicted molar refractivity (Wildman–Crippen MR) is 54.8 cm³/mol. The van der Waals surface area contributed by atoms with Crippen molar-refractivity contribution in [2.75, 3.05) is 6.26 Å². The van der Waals surface area contributed by atoms with E-state index in [0.29, 0.717) is 5.03 Å². The molecule has 1 aromatic heterocycles. The summed E-state index contributed by atoms with van der Waals surface area (Å²) in [5.74, 6) is 0. The fourth-order valence-electron chi connectivity index (χ4n) is 1.05. The van der Waals surface area contributed by atoms with E-state index in [0.717, 1.165) is 4.57 Å². The third-order valence-corrected chi connectivity index (χ3v) is 2.32. The number of rotatable bonds is 3. The van der Waals surface area contributed by atoms with E-state index in [9.17, 15) is 9.59 Å². The van der Waals surface area contributed by atoms with Gasteiger partial charge in [0.1, 0.15) is 0 Å². The number of H-pyrrole nitrogens is 1. The summed E-state index contributed by atoms with van der Waals surface area (Å²) in [4.78, 5) is 25.2. The molecule has 78 valence electrons. The van der Waals surface area contributed by atoms with Crippen LogP contribution in [0, 0.1) is 0 Å². The number of aliphatic hydroxyl groups is 1. The highest BCUT2D eigenvalue weighted by molar-refractivity contribution is 7.98. The normalized spacial score (nSPS) is 12.8. The summed E-state index contributed by atoms with van der Waals surface area (Å²) >= 11 is 1.29. The quantitative estimate of drug-likeness (QED) is 0.534. The van der Waals surface area contributed by atoms with E-state index in [1.54, 1.807) is 6.26 Å². The molecule has 5 nitrogen and oxygen atoms in total. The molecule has 0 aliphatic carbocycles. The largest absolute Gasteiger partial charge is 0.392 e. The summed E-state index contributed by atoms with van der Waals surface area (Å²) in [6.07, 6.45) is 1.05. The van der Waals surface area contributed by atoms with Gasteiger partial charge in [-0.25, -0.2) is 4.79 Å². The summed E-state index contributed by atoms with van der Waals surface area (Å²) in [5, 5.41) is 9.59. The summed E-state index contributed by atoms with van der Waals surface area (Å²) in [5.41, 5.74) is -0.873. The summed E-state index contributed by atoms with van der Waals surface area (Å²) in [6, 6.07) is 1.34. The number of nitrogens with zero attached hydrogens (tertiary/aromatic N) is 1. The molecule has 0 radical (unpaired) electrons. The van der Waals surface area contributed by atoms with Crippen LogP contribution in [-0.4, -0.2) is 27.0 Å². The molecule has 0 fully saturated rings. The zero-order valence-corrected chi connectivity index (χ0v) is 8.80. The summed E-state index contributed by atoms with van der Waals surface area (Å²) < 4.78 is 0.977. The lowest BCUT2D eigenvalue weighted by Crippen LogP contribution is -2.37. The molecule has 2 N–H and O–H groups in total. The highest BCUT2D eigenvalue weighted by Gasteiger charge is 2.05. The van der Waals surface area contributed by atoms with Crippen LogP contribution in [0.2, 0.25) is 0 Å². The number of nitrogens with one attached hydrogen (secondary N) is 1. The minimum atomic E-state index is -0.714. The lowest BCUT2D eigenvalue weighted by atomic mass is 10.4. The Morgan fingerprint density at radius 1 is 1.64 bits per heavy atom. The van der Waals surface area contributed by atoms with Crippen molar-refractivity contribution in [3.63, 3.8) is 0 Å². The average Bonchev–Trinajstić information content (AvgIpc) is 2.10. The zero-order chi connectivity index (χ0) is 10.7. The van der Waals surface area contributed by atoms with E-state index in [1.807, 2.05) is 0 Å². The van der Waals surface area contributed by atoms with Crippen LogP contribution in [0.4, 0.5) is 0 Å². The Balaban J connectivity index is 3.19. The third-order valence-electron chi connectivity index (χ3n) is 1.66. The molecule has 1 rings (SSSR count). The van der Waals surface area contributed by atoms with Crippen LogP contribution >= 0.6 is 11.8 Å². The first-order valence-electron chi connectivity index (χ1n) is 4.11. The van der Waals surface area contributed by atoms with Gasteiger partial charge in [-0.05, 0) is 13.2 Å². The molecular weight excluding hydrogens is 204 g/mol. The number of thioether (sulfide) groups is 1. The van der Waals surface area contributed by atoms with Crippen LogP contribution in [0.1, 0.15) is 6.92 Å². The van der Waals surface area contributed by atoms with Crippen LogP contribution in [0.15, 0.2) is 20.7 Å². The van der Waals surface area contributed by atoms with Gasteiger partial charge in [0.25, 0.3) is 5.56 Å². The molecule has 14 heavy (non-hydrogen) atoms. The molecular formula is C8H12N2O3S. The van der Waals surface area contributed by atoms with Crippen LogP contribution in [0.25, 0.3) is 0 Å². The Labute approximate surface area is 84.8 Å². The SMILES string of the molecule is CSc1cc(=O)n(CC(C)O)c(=O)[nH]1. The fraction of sp³-hybridized carbons (Fsp3) is 0.500. The molecule has 0 aromatic carbocycles. The molecule has 1 atom stereocenters. The first kappa shape index (κ1) is 11.1. The molecule has 0 saturated carbocycles. The van der Waals surface area contributed by atoms with Gasteiger partial charge in [0.05, 0.1) is 17.7 Å². The molecule has 0 aliphatic rings. The van der Waals surface area contributed by atoms with E-state index in [2.05, 4.69) is 4.98 Å². The second-order valence-corrected chi connectivity index (χ2v) is 3.79. The molecule has 0 amide bonds. The molecule has 6 heteroatoms. The van der Waals surface area contributed by atoms with Crippen molar-refractivity contribution < 1.29 is 5.11 Å². The second kappa shape index (κ2) is 4.47. The maximum absolute atomic E-state index is 11.4. The van der Waals surface area contributed by atoms with Gasteiger partial charge in [0.15, 0.2) is 0 Å². The smallest absolute Gasteiger partial charge is 0.329 e. The molecule has 0 spiro atoms. The highest BCUT2D eigenvalue weighted by Crippen LogP contribution is 2.04. The minimum absolute atomic E-state index is 0.0167.